The lowest BCUT2D eigenvalue weighted by atomic mass is 10.1. The van der Waals surface area contributed by atoms with Crippen molar-refractivity contribution in [3.63, 3.8) is 0 Å². The second-order valence-electron chi connectivity index (χ2n) is 6.70. The maximum atomic E-state index is 12.6. The van der Waals surface area contributed by atoms with Gasteiger partial charge in [0.15, 0.2) is 0 Å². The second-order valence-corrected chi connectivity index (χ2v) is 6.70. The van der Waals surface area contributed by atoms with Crippen LogP contribution in [0.2, 0.25) is 0 Å². The van der Waals surface area contributed by atoms with Crippen LogP contribution in [-0.4, -0.2) is 55.1 Å². The van der Waals surface area contributed by atoms with Gasteiger partial charge in [0, 0.05) is 31.4 Å². The zero-order chi connectivity index (χ0) is 19.5. The van der Waals surface area contributed by atoms with Gasteiger partial charge < -0.3 is 19.9 Å². The summed E-state index contributed by atoms with van der Waals surface area (Å²) < 4.78 is 5.44. The number of carbonyl (C=O) groups is 1. The van der Waals surface area contributed by atoms with Crippen molar-refractivity contribution in [3.8, 4) is 11.4 Å². The van der Waals surface area contributed by atoms with Gasteiger partial charge in [0.1, 0.15) is 11.3 Å². The highest BCUT2D eigenvalue weighted by molar-refractivity contribution is 6.11. The fourth-order valence-electron chi connectivity index (χ4n) is 3.31. The van der Waals surface area contributed by atoms with Gasteiger partial charge in [0.2, 0.25) is 0 Å². The number of imidazole rings is 1. The Morgan fingerprint density at radius 2 is 2.00 bits per heavy atom. The lowest BCUT2D eigenvalue weighted by Gasteiger charge is -2.29. The number of amidine groups is 1. The number of nitrogens with zero attached hydrogens (tertiary/aromatic N) is 3. The second kappa shape index (κ2) is 7.82. The van der Waals surface area contributed by atoms with Crippen molar-refractivity contribution in [2.75, 3.05) is 38.3 Å². The fourth-order valence-corrected chi connectivity index (χ4v) is 3.31. The minimum absolute atomic E-state index is 0.214. The summed E-state index contributed by atoms with van der Waals surface area (Å²) in [6.07, 6.45) is 0. The molecule has 3 aromatic rings. The highest BCUT2D eigenvalue weighted by Gasteiger charge is 2.16. The van der Waals surface area contributed by atoms with Crippen molar-refractivity contribution >= 4 is 28.5 Å². The van der Waals surface area contributed by atoms with Gasteiger partial charge >= 0.3 is 0 Å². The summed E-state index contributed by atoms with van der Waals surface area (Å²) in [6, 6.07) is 13.8. The molecule has 1 amide bonds. The number of ether oxygens (including phenoxy) is 1. The zero-order valence-corrected chi connectivity index (χ0v) is 16.0. The third-order valence-corrected chi connectivity index (χ3v) is 4.88. The van der Waals surface area contributed by atoms with E-state index >= 15 is 0 Å². The van der Waals surface area contributed by atoms with E-state index in [1.54, 1.807) is 20.0 Å². The molecule has 2 heterocycles. The molecule has 144 valence electrons. The van der Waals surface area contributed by atoms with Gasteiger partial charge in [-0.25, -0.2) is 4.98 Å². The van der Waals surface area contributed by atoms with Crippen LogP contribution in [0.3, 0.4) is 0 Å². The molecule has 2 N–H and O–H groups in total. The third-order valence-electron chi connectivity index (χ3n) is 4.88. The minimum atomic E-state index is -0.214. The molecule has 2 aromatic carbocycles. The maximum Gasteiger partial charge on any atom is 0.258 e. The number of nitrogens with one attached hydrogen (secondary N) is 2. The van der Waals surface area contributed by atoms with Gasteiger partial charge in [-0.15, -0.1) is 0 Å². The number of carbonyl (C=O) groups excluding carboxylic acids is 1. The SMILES string of the molecule is CN=C(C)NC(=O)c1cccc2[nH]c(-c3cccc(N4CCOCC4)c3)nc12. The summed E-state index contributed by atoms with van der Waals surface area (Å²) in [6.45, 7) is 5.01. The van der Waals surface area contributed by atoms with E-state index in [1.807, 2.05) is 24.3 Å². The number of aromatic nitrogens is 2. The Hall–Kier alpha value is -3.19. The maximum absolute atomic E-state index is 12.6. The first-order valence-electron chi connectivity index (χ1n) is 9.32. The highest BCUT2D eigenvalue weighted by atomic mass is 16.5. The van der Waals surface area contributed by atoms with Crippen molar-refractivity contribution in [3.05, 3.63) is 48.0 Å². The van der Waals surface area contributed by atoms with Crippen LogP contribution in [0.1, 0.15) is 17.3 Å². The molecule has 0 unspecified atom stereocenters. The van der Waals surface area contributed by atoms with Gasteiger partial charge in [-0.3, -0.25) is 9.79 Å². The Labute approximate surface area is 163 Å². The van der Waals surface area contributed by atoms with Crippen LogP contribution in [0, 0.1) is 0 Å². The molecule has 0 bridgehead atoms. The normalized spacial score (nSPS) is 15.1. The van der Waals surface area contributed by atoms with Crippen LogP contribution in [0.15, 0.2) is 47.5 Å². The third kappa shape index (κ3) is 3.61. The standard InChI is InChI=1S/C21H23N5O2/c1-14(22-2)23-21(27)17-7-4-8-18-19(17)25-20(24-18)15-5-3-6-16(13-15)26-9-11-28-12-10-26/h3-8,13H,9-12H2,1-2H3,(H,24,25)(H,22,23,27). The van der Waals surface area contributed by atoms with Crippen LogP contribution >= 0.6 is 0 Å². The molecule has 1 saturated heterocycles. The number of morpholine rings is 1. The molecule has 7 nitrogen and oxygen atoms in total. The average molecular weight is 377 g/mol. The largest absolute Gasteiger partial charge is 0.378 e. The van der Waals surface area contributed by atoms with E-state index in [9.17, 15) is 4.79 Å². The number of rotatable bonds is 3. The number of H-pyrrole nitrogens is 1. The Bertz CT molecular complexity index is 1030. The number of amides is 1. The van der Waals surface area contributed by atoms with E-state index in [0.717, 1.165) is 48.9 Å². The number of anilines is 1. The molecular formula is C21H23N5O2. The van der Waals surface area contributed by atoms with Crippen LogP contribution < -0.4 is 10.2 Å². The lowest BCUT2D eigenvalue weighted by Crippen LogP contribution is -2.36. The summed E-state index contributed by atoms with van der Waals surface area (Å²) in [5.74, 6) is 1.09. The van der Waals surface area contributed by atoms with E-state index in [1.165, 1.54) is 0 Å². The van der Waals surface area contributed by atoms with Crippen molar-refractivity contribution < 1.29 is 9.53 Å². The van der Waals surface area contributed by atoms with Gasteiger partial charge in [0.05, 0.1) is 30.1 Å². The molecule has 1 aliphatic heterocycles. The van der Waals surface area contributed by atoms with Gasteiger partial charge in [0.25, 0.3) is 5.91 Å². The van der Waals surface area contributed by atoms with E-state index in [0.29, 0.717) is 16.9 Å². The summed E-state index contributed by atoms with van der Waals surface area (Å²) in [5, 5.41) is 2.78. The van der Waals surface area contributed by atoms with E-state index in [4.69, 9.17) is 9.72 Å². The predicted molar refractivity (Wildman–Crippen MR) is 111 cm³/mol. The number of hydrogen-bond acceptors (Lipinski definition) is 5. The van der Waals surface area contributed by atoms with Crippen molar-refractivity contribution in [2.24, 2.45) is 4.99 Å². The molecule has 0 atom stereocenters. The van der Waals surface area contributed by atoms with Gasteiger partial charge in [-0.1, -0.05) is 18.2 Å². The smallest absolute Gasteiger partial charge is 0.258 e. The van der Waals surface area contributed by atoms with Crippen LogP contribution in [-0.2, 0) is 4.74 Å². The molecule has 7 heteroatoms. The molecule has 1 fully saturated rings. The van der Waals surface area contributed by atoms with Crippen molar-refractivity contribution in [2.45, 2.75) is 6.92 Å². The number of aromatic amines is 1. The quantitative estimate of drug-likeness (QED) is 0.543. The van der Waals surface area contributed by atoms with E-state index in [-0.39, 0.29) is 5.91 Å². The van der Waals surface area contributed by atoms with Crippen LogP contribution in [0.4, 0.5) is 5.69 Å². The number of aliphatic imine (C=N–C) groups is 1. The van der Waals surface area contributed by atoms with Gasteiger partial charge in [-0.2, -0.15) is 0 Å². The summed E-state index contributed by atoms with van der Waals surface area (Å²) >= 11 is 0. The van der Waals surface area contributed by atoms with E-state index < -0.39 is 0 Å². The minimum Gasteiger partial charge on any atom is -0.378 e. The lowest BCUT2D eigenvalue weighted by molar-refractivity contribution is 0.0978. The number of para-hydroxylation sites is 1. The Balaban J connectivity index is 1.69. The Kier molecular flexibility index (Phi) is 5.08. The average Bonchev–Trinajstić information content (AvgIpc) is 3.18. The number of benzene rings is 2. The summed E-state index contributed by atoms with van der Waals surface area (Å²) in [4.78, 5) is 26.9. The predicted octanol–water partition coefficient (Wildman–Crippen LogP) is 2.84. The Morgan fingerprint density at radius 1 is 1.21 bits per heavy atom. The molecule has 28 heavy (non-hydrogen) atoms. The fraction of sp³-hybridized carbons (Fsp3) is 0.286. The summed E-state index contributed by atoms with van der Waals surface area (Å²) in [5.41, 5.74) is 4.13. The molecule has 1 aliphatic rings. The molecule has 0 aliphatic carbocycles. The molecule has 0 saturated carbocycles. The molecule has 1 aromatic heterocycles. The van der Waals surface area contributed by atoms with Gasteiger partial charge in [-0.05, 0) is 31.2 Å². The highest BCUT2D eigenvalue weighted by Crippen LogP contribution is 2.26. The topological polar surface area (TPSA) is 82.6 Å². The first kappa shape index (κ1) is 18.2. The molecular weight excluding hydrogens is 354 g/mol. The first-order chi connectivity index (χ1) is 13.7. The molecule has 4 rings (SSSR count). The first-order valence-corrected chi connectivity index (χ1v) is 9.32. The zero-order valence-electron chi connectivity index (χ0n) is 16.0. The monoisotopic (exact) mass is 377 g/mol. The number of fused-ring (bicyclic) bond motifs is 1. The van der Waals surface area contributed by atoms with Crippen molar-refractivity contribution in [1.29, 1.82) is 0 Å². The Morgan fingerprint density at radius 3 is 2.79 bits per heavy atom. The molecule has 0 spiro atoms. The van der Waals surface area contributed by atoms with Crippen molar-refractivity contribution in [1.82, 2.24) is 15.3 Å². The van der Waals surface area contributed by atoms with Crippen LogP contribution in [0.5, 0.6) is 0 Å². The number of hydrogen-bond donors (Lipinski definition) is 2. The molecule has 0 radical (unpaired) electrons. The summed E-state index contributed by atoms with van der Waals surface area (Å²) in [7, 11) is 1.64. The van der Waals surface area contributed by atoms with Crippen LogP contribution in [0.25, 0.3) is 22.4 Å². The van der Waals surface area contributed by atoms with E-state index in [2.05, 4.69) is 32.3 Å².